The van der Waals surface area contributed by atoms with E-state index >= 15 is 0 Å². The van der Waals surface area contributed by atoms with E-state index in [2.05, 4.69) is 15.0 Å². The van der Waals surface area contributed by atoms with E-state index in [0.717, 1.165) is 0 Å². The van der Waals surface area contributed by atoms with Crippen molar-refractivity contribution in [2.75, 3.05) is 27.8 Å². The second kappa shape index (κ2) is 9.94. The van der Waals surface area contributed by atoms with E-state index in [-0.39, 0.29) is 19.5 Å². The van der Waals surface area contributed by atoms with Gasteiger partial charge in [0.25, 0.3) is 0 Å². The highest BCUT2D eigenvalue weighted by atomic mass is 16.5. The predicted molar refractivity (Wildman–Crippen MR) is 135 cm³/mol. The van der Waals surface area contributed by atoms with Gasteiger partial charge in [-0.05, 0) is 49.9 Å². The zero-order chi connectivity index (χ0) is 26.9. The molecule has 4 atom stereocenters. The van der Waals surface area contributed by atoms with E-state index < -0.39 is 40.8 Å². The molecule has 3 aromatic heterocycles. The third kappa shape index (κ3) is 3.83. The van der Waals surface area contributed by atoms with Gasteiger partial charge in [-0.3, -0.25) is 34.2 Å². The van der Waals surface area contributed by atoms with Gasteiger partial charge >= 0.3 is 11.9 Å². The van der Waals surface area contributed by atoms with Crippen LogP contribution in [0.4, 0.5) is 0 Å². The fourth-order valence-electron chi connectivity index (χ4n) is 6.35. The van der Waals surface area contributed by atoms with Gasteiger partial charge in [-0.2, -0.15) is 0 Å². The number of hydrogen-bond donors (Lipinski definition) is 0. The number of rotatable bonds is 6. The van der Waals surface area contributed by atoms with E-state index in [1.54, 1.807) is 62.0 Å². The minimum absolute atomic E-state index is 0.00828. The smallest absolute Gasteiger partial charge is 0.323 e. The third-order valence-electron chi connectivity index (χ3n) is 7.70. The molecule has 4 unspecified atom stereocenters. The van der Waals surface area contributed by atoms with E-state index in [1.165, 1.54) is 19.1 Å². The van der Waals surface area contributed by atoms with Gasteiger partial charge in [-0.1, -0.05) is 18.2 Å². The average Bonchev–Trinajstić information content (AvgIpc) is 2.96. The first-order valence-electron chi connectivity index (χ1n) is 12.3. The first-order valence-corrected chi connectivity index (χ1v) is 12.3. The van der Waals surface area contributed by atoms with Gasteiger partial charge in [-0.25, -0.2) is 0 Å². The van der Waals surface area contributed by atoms with Crippen LogP contribution in [0, 0.1) is 10.8 Å². The second-order valence-corrected chi connectivity index (χ2v) is 9.75. The zero-order valence-electron chi connectivity index (χ0n) is 21.5. The Morgan fingerprint density at radius 1 is 0.868 bits per heavy atom. The highest BCUT2D eigenvalue weighted by Gasteiger charge is 2.73. The molecule has 38 heavy (non-hydrogen) atoms. The van der Waals surface area contributed by atoms with Gasteiger partial charge in [0.2, 0.25) is 5.91 Å². The molecule has 5 heterocycles. The van der Waals surface area contributed by atoms with Gasteiger partial charge in [0.15, 0.2) is 5.41 Å². The first kappa shape index (κ1) is 25.5. The van der Waals surface area contributed by atoms with Crippen molar-refractivity contribution in [1.29, 1.82) is 0 Å². The van der Waals surface area contributed by atoms with Crippen LogP contribution in [-0.2, 0) is 30.4 Å². The Balaban J connectivity index is 1.79. The molecule has 0 spiro atoms. The number of piperidine rings is 2. The number of carbonyl (C=O) groups is 3. The normalized spacial score (nSPS) is 27.0. The summed E-state index contributed by atoms with van der Waals surface area (Å²) in [4.78, 5) is 59.0. The second-order valence-electron chi connectivity index (χ2n) is 9.75. The molecule has 10 nitrogen and oxygen atoms in total. The van der Waals surface area contributed by atoms with Crippen molar-refractivity contribution in [3.05, 3.63) is 90.3 Å². The van der Waals surface area contributed by atoms with E-state index in [4.69, 9.17) is 9.47 Å². The van der Waals surface area contributed by atoms with Crippen LogP contribution in [-0.4, -0.2) is 70.4 Å². The number of likely N-dealkylation sites (tertiary alicyclic amines) is 2. The number of aromatic nitrogens is 3. The van der Waals surface area contributed by atoms with E-state index in [9.17, 15) is 14.4 Å². The molecule has 2 fully saturated rings. The number of hydrogen-bond acceptors (Lipinski definition) is 9. The number of amides is 1. The highest BCUT2D eigenvalue weighted by Crippen LogP contribution is 2.62. The number of carbonyl (C=O) groups excluding carboxylic acids is 3. The van der Waals surface area contributed by atoms with Crippen molar-refractivity contribution in [2.45, 2.75) is 25.0 Å². The Bertz CT molecular complexity index is 1330. The number of pyridine rings is 3. The molecule has 0 radical (unpaired) electrons. The SMILES string of the molecule is COC(=O)C12CN(Cc3ccccn3)C(=O)C(C(=O)OC)(C1)C(c1ccccn1)N(C)C2c1ccccn1. The standard InChI is InChI=1S/C28H29N5O5/c1-32-22(20-11-5-8-14-30-20)27(25(35)37-2)17-28(26(36)38-3,23(32)21-12-6-9-15-31-21)24(34)33(18-27)16-19-10-4-7-13-29-19/h4-15,22-23H,16-18H2,1-3H3. The third-order valence-corrected chi connectivity index (χ3v) is 7.70. The minimum Gasteiger partial charge on any atom is -0.468 e. The molecule has 2 saturated heterocycles. The molecular weight excluding hydrogens is 486 g/mol. The average molecular weight is 516 g/mol. The molecule has 0 aromatic carbocycles. The predicted octanol–water partition coefficient (Wildman–Crippen LogP) is 2.35. The number of esters is 2. The lowest BCUT2D eigenvalue weighted by Gasteiger charge is -2.61. The number of nitrogens with zero attached hydrogens (tertiary/aromatic N) is 5. The van der Waals surface area contributed by atoms with Crippen molar-refractivity contribution >= 4 is 17.8 Å². The van der Waals surface area contributed by atoms with Gasteiger partial charge in [0.05, 0.1) is 49.9 Å². The lowest BCUT2D eigenvalue weighted by molar-refractivity contribution is -0.210. The van der Waals surface area contributed by atoms with E-state index in [1.807, 2.05) is 23.1 Å². The van der Waals surface area contributed by atoms with Crippen LogP contribution in [0.3, 0.4) is 0 Å². The number of methoxy groups -OCH3 is 2. The Labute approximate surface area is 220 Å². The summed E-state index contributed by atoms with van der Waals surface area (Å²) in [5.74, 6) is -1.72. The molecule has 2 aliphatic rings. The summed E-state index contributed by atoms with van der Waals surface area (Å²) < 4.78 is 10.7. The number of ether oxygens (including phenoxy) is 2. The van der Waals surface area contributed by atoms with Crippen LogP contribution in [0.15, 0.2) is 73.2 Å². The van der Waals surface area contributed by atoms with Crippen LogP contribution >= 0.6 is 0 Å². The Morgan fingerprint density at radius 3 is 1.97 bits per heavy atom. The fraction of sp³-hybridized carbons (Fsp3) is 0.357. The lowest BCUT2D eigenvalue weighted by Crippen LogP contribution is -2.71. The van der Waals surface area contributed by atoms with Crippen LogP contribution in [0.1, 0.15) is 35.6 Å². The summed E-state index contributed by atoms with van der Waals surface area (Å²) in [6, 6.07) is 14.7. The summed E-state index contributed by atoms with van der Waals surface area (Å²) in [6.07, 6.45) is 4.79. The Hall–Kier alpha value is -4.18. The molecule has 3 aromatic rings. The van der Waals surface area contributed by atoms with Crippen molar-refractivity contribution in [1.82, 2.24) is 24.8 Å². The molecule has 10 heteroatoms. The van der Waals surface area contributed by atoms with Gasteiger partial charge in [0, 0.05) is 25.1 Å². The maximum absolute atomic E-state index is 14.5. The summed E-state index contributed by atoms with van der Waals surface area (Å²) in [7, 11) is 4.36. The van der Waals surface area contributed by atoms with Crippen LogP contribution < -0.4 is 0 Å². The highest BCUT2D eigenvalue weighted by molar-refractivity contribution is 6.06. The summed E-state index contributed by atoms with van der Waals surface area (Å²) in [6.45, 7) is 0.110. The van der Waals surface area contributed by atoms with Crippen molar-refractivity contribution in [3.8, 4) is 0 Å². The van der Waals surface area contributed by atoms with Crippen molar-refractivity contribution < 1.29 is 23.9 Å². The van der Waals surface area contributed by atoms with Crippen molar-refractivity contribution in [2.24, 2.45) is 10.8 Å². The Morgan fingerprint density at radius 2 is 1.45 bits per heavy atom. The van der Waals surface area contributed by atoms with Gasteiger partial charge in [-0.15, -0.1) is 0 Å². The lowest BCUT2D eigenvalue weighted by atomic mass is 9.55. The summed E-state index contributed by atoms with van der Waals surface area (Å²) in [5, 5.41) is 0. The number of fused-ring (bicyclic) bond motifs is 2. The molecule has 0 aliphatic carbocycles. The van der Waals surface area contributed by atoms with Crippen molar-refractivity contribution in [3.63, 3.8) is 0 Å². The Kier molecular flexibility index (Phi) is 6.66. The zero-order valence-corrected chi connectivity index (χ0v) is 21.5. The molecule has 0 N–H and O–H groups in total. The maximum atomic E-state index is 14.5. The largest absolute Gasteiger partial charge is 0.468 e. The monoisotopic (exact) mass is 515 g/mol. The molecule has 2 aliphatic heterocycles. The van der Waals surface area contributed by atoms with Crippen LogP contribution in [0.25, 0.3) is 0 Å². The van der Waals surface area contributed by atoms with E-state index in [0.29, 0.717) is 17.1 Å². The molecule has 1 amide bonds. The van der Waals surface area contributed by atoms with Gasteiger partial charge < -0.3 is 14.4 Å². The van der Waals surface area contributed by atoms with Gasteiger partial charge in [0.1, 0.15) is 5.41 Å². The quantitative estimate of drug-likeness (QED) is 0.360. The molecule has 196 valence electrons. The molecule has 2 bridgehead atoms. The topological polar surface area (TPSA) is 115 Å². The fourth-order valence-corrected chi connectivity index (χ4v) is 6.35. The van der Waals surface area contributed by atoms with Crippen LogP contribution in [0.2, 0.25) is 0 Å². The molecule has 5 rings (SSSR count). The maximum Gasteiger partial charge on any atom is 0.323 e. The summed E-state index contributed by atoms with van der Waals surface area (Å²) in [5.41, 5.74) is -1.36. The molecular formula is C28H29N5O5. The first-order chi connectivity index (χ1) is 18.4. The van der Waals surface area contributed by atoms with Crippen LogP contribution in [0.5, 0.6) is 0 Å². The minimum atomic E-state index is -1.77. The molecule has 0 saturated carbocycles. The summed E-state index contributed by atoms with van der Waals surface area (Å²) >= 11 is 0.